The Morgan fingerprint density at radius 3 is 2.44 bits per heavy atom. The van der Waals surface area contributed by atoms with E-state index >= 15 is 0 Å². The molecule has 1 saturated heterocycles. The standard InChI is InChI=1S/C21H28ClN3O6S/c1-5-13(15-10-7-11(3)31-15)23-16-17(20(28)19(16)27)24-14-9-8-12(22)21(18(14)26)32(29,30)25(4)6-2/h8-9,11,13,15,23-24,26H,5-7,10H2,1-4H3/t11-,13?,15-/m1/s1. The molecule has 0 amide bonds. The molecule has 9 nitrogen and oxygen atoms in total. The third kappa shape index (κ3) is 4.36. The molecule has 2 aromatic rings. The molecular weight excluding hydrogens is 458 g/mol. The number of anilines is 3. The van der Waals surface area contributed by atoms with E-state index in [1.807, 2.05) is 13.8 Å². The van der Waals surface area contributed by atoms with Crippen molar-refractivity contribution < 1.29 is 18.3 Å². The smallest absolute Gasteiger partial charge is 0.253 e. The van der Waals surface area contributed by atoms with Gasteiger partial charge in [-0.05, 0) is 38.3 Å². The number of hydrogen-bond donors (Lipinski definition) is 3. The van der Waals surface area contributed by atoms with Gasteiger partial charge in [-0.2, -0.15) is 0 Å². The number of aromatic hydroxyl groups is 1. The first-order valence-corrected chi connectivity index (χ1v) is 12.3. The van der Waals surface area contributed by atoms with Gasteiger partial charge < -0.3 is 20.5 Å². The van der Waals surface area contributed by atoms with Crippen LogP contribution in [0.3, 0.4) is 0 Å². The molecule has 0 radical (unpaired) electrons. The number of rotatable bonds is 9. The van der Waals surface area contributed by atoms with Crippen LogP contribution < -0.4 is 21.5 Å². The summed E-state index contributed by atoms with van der Waals surface area (Å²) >= 11 is 6.07. The average molecular weight is 486 g/mol. The first-order chi connectivity index (χ1) is 15.0. The molecule has 32 heavy (non-hydrogen) atoms. The molecule has 1 aliphatic rings. The molecule has 1 fully saturated rings. The Labute approximate surface area is 192 Å². The molecule has 0 bridgehead atoms. The number of phenolic OH excluding ortho intramolecular Hbond substituents is 1. The summed E-state index contributed by atoms with van der Waals surface area (Å²) in [6.45, 7) is 5.75. The topological polar surface area (TPSA) is 125 Å². The van der Waals surface area contributed by atoms with Crippen molar-refractivity contribution in [2.75, 3.05) is 24.2 Å². The summed E-state index contributed by atoms with van der Waals surface area (Å²) < 4.78 is 32.4. The van der Waals surface area contributed by atoms with E-state index in [1.54, 1.807) is 6.92 Å². The van der Waals surface area contributed by atoms with Crippen LogP contribution in [-0.4, -0.2) is 49.7 Å². The summed E-state index contributed by atoms with van der Waals surface area (Å²) in [5, 5.41) is 16.3. The van der Waals surface area contributed by atoms with Gasteiger partial charge in [0.25, 0.3) is 10.9 Å². The Balaban J connectivity index is 1.93. The van der Waals surface area contributed by atoms with Crippen molar-refractivity contribution in [1.82, 2.24) is 4.31 Å². The highest BCUT2D eigenvalue weighted by Crippen LogP contribution is 2.40. The molecule has 0 aromatic heterocycles. The summed E-state index contributed by atoms with van der Waals surface area (Å²) in [6.07, 6.45) is 2.48. The van der Waals surface area contributed by atoms with E-state index in [0.29, 0.717) is 6.42 Å². The second kappa shape index (κ2) is 9.38. The second-order valence-electron chi connectivity index (χ2n) is 7.95. The fourth-order valence-corrected chi connectivity index (χ4v) is 5.54. The van der Waals surface area contributed by atoms with Crippen molar-refractivity contribution in [1.29, 1.82) is 0 Å². The molecule has 1 aliphatic heterocycles. The van der Waals surface area contributed by atoms with Crippen molar-refractivity contribution in [3.8, 4) is 5.75 Å². The van der Waals surface area contributed by atoms with Crippen molar-refractivity contribution in [2.45, 2.75) is 63.2 Å². The lowest BCUT2D eigenvalue weighted by Crippen LogP contribution is -2.42. The molecular formula is C21H28ClN3O6S. The van der Waals surface area contributed by atoms with E-state index in [-0.39, 0.29) is 46.9 Å². The molecule has 0 spiro atoms. The van der Waals surface area contributed by atoms with Crippen LogP contribution in [-0.2, 0) is 14.8 Å². The van der Waals surface area contributed by atoms with E-state index in [9.17, 15) is 23.1 Å². The number of nitrogens with zero attached hydrogens (tertiary/aromatic N) is 1. The van der Waals surface area contributed by atoms with Gasteiger partial charge in [0.05, 0.1) is 29.0 Å². The minimum absolute atomic E-state index is 0.0377. The lowest BCUT2D eigenvalue weighted by atomic mass is 10.0. The molecule has 1 heterocycles. The SMILES string of the molecule is CCC(Nc1c(Nc2ccc(Cl)c(S(=O)(=O)N(C)CC)c2O)c(=O)c1=O)[C@H]1CC[C@@H](C)O1. The van der Waals surface area contributed by atoms with Gasteiger partial charge in [-0.3, -0.25) is 9.59 Å². The van der Waals surface area contributed by atoms with Crippen molar-refractivity contribution in [3.05, 3.63) is 37.6 Å². The fraction of sp³-hybridized carbons (Fsp3) is 0.524. The lowest BCUT2D eigenvalue weighted by Gasteiger charge is -2.26. The van der Waals surface area contributed by atoms with Crippen LogP contribution >= 0.6 is 11.6 Å². The van der Waals surface area contributed by atoms with Gasteiger partial charge in [0.2, 0.25) is 10.0 Å². The molecule has 3 rings (SSSR count). The molecule has 3 atom stereocenters. The predicted octanol–water partition coefficient (Wildman–Crippen LogP) is 2.78. The monoisotopic (exact) mass is 485 g/mol. The average Bonchev–Trinajstić information content (AvgIpc) is 3.19. The molecule has 0 aliphatic carbocycles. The molecule has 2 aromatic carbocycles. The minimum atomic E-state index is -4.06. The van der Waals surface area contributed by atoms with Gasteiger partial charge in [0.15, 0.2) is 5.75 Å². The van der Waals surface area contributed by atoms with Gasteiger partial charge in [-0.1, -0.05) is 25.4 Å². The van der Waals surface area contributed by atoms with Crippen LogP contribution in [0.5, 0.6) is 5.75 Å². The maximum Gasteiger partial charge on any atom is 0.253 e. The van der Waals surface area contributed by atoms with Crippen LogP contribution in [0.4, 0.5) is 17.1 Å². The number of halogens is 1. The van der Waals surface area contributed by atoms with Crippen LogP contribution in [0.25, 0.3) is 0 Å². The normalized spacial score (nSPS) is 20.1. The third-order valence-corrected chi connectivity index (χ3v) is 8.29. The Hall–Kier alpha value is -2.14. The van der Waals surface area contributed by atoms with Crippen LogP contribution in [0.15, 0.2) is 26.6 Å². The number of sulfonamides is 1. The first kappa shape index (κ1) is 24.5. The zero-order valence-electron chi connectivity index (χ0n) is 18.4. The van der Waals surface area contributed by atoms with E-state index in [0.717, 1.165) is 17.1 Å². The largest absolute Gasteiger partial charge is 0.504 e. The van der Waals surface area contributed by atoms with Gasteiger partial charge in [0.1, 0.15) is 16.3 Å². The van der Waals surface area contributed by atoms with E-state index < -0.39 is 31.5 Å². The molecule has 11 heteroatoms. The van der Waals surface area contributed by atoms with E-state index in [4.69, 9.17) is 16.3 Å². The van der Waals surface area contributed by atoms with Gasteiger partial charge >= 0.3 is 0 Å². The quantitative estimate of drug-likeness (QED) is 0.365. The van der Waals surface area contributed by atoms with Crippen LogP contribution in [0.1, 0.15) is 40.0 Å². The van der Waals surface area contributed by atoms with Crippen LogP contribution in [0, 0.1) is 0 Å². The van der Waals surface area contributed by atoms with Gasteiger partial charge in [0, 0.05) is 13.6 Å². The summed E-state index contributed by atoms with van der Waals surface area (Å²) in [6, 6.07) is 2.49. The Bertz CT molecular complexity index is 1180. The molecule has 0 saturated carbocycles. The maximum atomic E-state index is 12.8. The first-order valence-electron chi connectivity index (χ1n) is 10.5. The molecule has 176 valence electrons. The molecule has 1 unspecified atom stereocenters. The highest BCUT2D eigenvalue weighted by atomic mass is 35.5. The highest BCUT2D eigenvalue weighted by Gasteiger charge is 2.33. The van der Waals surface area contributed by atoms with Gasteiger partial charge in [-0.25, -0.2) is 12.7 Å². The number of ether oxygens (including phenoxy) is 1. The number of phenols is 1. The summed E-state index contributed by atoms with van der Waals surface area (Å²) in [7, 11) is -2.70. The zero-order chi connectivity index (χ0) is 23.8. The zero-order valence-corrected chi connectivity index (χ0v) is 20.0. The second-order valence-corrected chi connectivity index (χ2v) is 10.3. The van der Waals surface area contributed by atoms with E-state index in [2.05, 4.69) is 10.6 Å². The summed E-state index contributed by atoms with van der Waals surface area (Å²) in [4.78, 5) is 24.0. The Morgan fingerprint density at radius 2 is 1.88 bits per heavy atom. The predicted molar refractivity (Wildman–Crippen MR) is 125 cm³/mol. The number of nitrogens with one attached hydrogen (secondary N) is 2. The number of hydrogen-bond acceptors (Lipinski definition) is 8. The summed E-state index contributed by atoms with van der Waals surface area (Å²) in [5.41, 5.74) is -1.43. The Kier molecular flexibility index (Phi) is 7.18. The van der Waals surface area contributed by atoms with Crippen molar-refractivity contribution in [3.63, 3.8) is 0 Å². The van der Waals surface area contributed by atoms with Crippen molar-refractivity contribution >= 4 is 38.7 Å². The minimum Gasteiger partial charge on any atom is -0.504 e. The number of benzene rings is 1. The van der Waals surface area contributed by atoms with Crippen molar-refractivity contribution in [2.24, 2.45) is 0 Å². The fourth-order valence-electron chi connectivity index (χ4n) is 3.77. The Morgan fingerprint density at radius 1 is 1.22 bits per heavy atom. The van der Waals surface area contributed by atoms with Gasteiger partial charge in [-0.15, -0.1) is 0 Å². The van der Waals surface area contributed by atoms with E-state index in [1.165, 1.54) is 19.2 Å². The lowest BCUT2D eigenvalue weighted by molar-refractivity contribution is 0.0438. The summed E-state index contributed by atoms with van der Waals surface area (Å²) in [5.74, 6) is -0.628. The maximum absolute atomic E-state index is 12.8. The highest BCUT2D eigenvalue weighted by molar-refractivity contribution is 7.89. The molecule has 3 N–H and O–H groups in total. The van der Waals surface area contributed by atoms with Crippen LogP contribution in [0.2, 0.25) is 5.02 Å². The third-order valence-electron chi connectivity index (χ3n) is 5.85.